The number of anilines is 1. The van der Waals surface area contributed by atoms with Crippen LogP contribution in [0.3, 0.4) is 0 Å². The SMILES string of the molecule is CCCC[C@@H](CC)CN1C(=O)/C(=C/c2c(N3CCc4ccccc4C3)nc3ccccn3c2=O)SC1=S. The normalized spacial score (nSPS) is 17.6. The average molecular weight is 533 g/mol. The Kier molecular flexibility index (Phi) is 7.76. The number of hydrogen-bond acceptors (Lipinski definition) is 6. The molecule has 2 aliphatic rings. The number of thiocarbonyl (C=S) groups is 1. The summed E-state index contributed by atoms with van der Waals surface area (Å²) in [6.45, 7) is 6.40. The third-order valence-electron chi connectivity index (χ3n) is 7.31. The topological polar surface area (TPSA) is 57.9 Å². The lowest BCUT2D eigenvalue weighted by atomic mass is 9.99. The van der Waals surface area contributed by atoms with Crippen molar-refractivity contribution in [3.05, 3.63) is 80.6 Å². The number of amides is 1. The van der Waals surface area contributed by atoms with Gasteiger partial charge in [-0.05, 0) is 48.1 Å². The van der Waals surface area contributed by atoms with Crippen LogP contribution in [0, 0.1) is 5.92 Å². The van der Waals surface area contributed by atoms with Gasteiger partial charge in [-0.2, -0.15) is 0 Å². The van der Waals surface area contributed by atoms with Gasteiger partial charge in [-0.25, -0.2) is 4.98 Å². The van der Waals surface area contributed by atoms with Crippen LogP contribution in [0.1, 0.15) is 56.2 Å². The van der Waals surface area contributed by atoms with Crippen molar-refractivity contribution in [2.45, 2.75) is 52.5 Å². The largest absolute Gasteiger partial charge is 0.351 e. The van der Waals surface area contributed by atoms with Gasteiger partial charge in [-0.15, -0.1) is 0 Å². The molecule has 3 aromatic rings. The zero-order valence-corrected chi connectivity index (χ0v) is 23.0. The van der Waals surface area contributed by atoms with Crippen LogP contribution in [0.25, 0.3) is 11.7 Å². The van der Waals surface area contributed by atoms with Crippen molar-refractivity contribution in [2.75, 3.05) is 18.0 Å². The molecule has 0 spiro atoms. The number of pyridine rings is 1. The lowest BCUT2D eigenvalue weighted by Crippen LogP contribution is -2.34. The maximum Gasteiger partial charge on any atom is 0.267 e. The molecule has 37 heavy (non-hydrogen) atoms. The van der Waals surface area contributed by atoms with Crippen molar-refractivity contribution in [3.8, 4) is 0 Å². The second kappa shape index (κ2) is 11.2. The predicted molar refractivity (Wildman–Crippen MR) is 156 cm³/mol. The van der Waals surface area contributed by atoms with Gasteiger partial charge in [-0.3, -0.25) is 18.9 Å². The molecular formula is C29H32N4O2S2. The lowest BCUT2D eigenvalue weighted by Gasteiger charge is -2.30. The Balaban J connectivity index is 1.53. The smallest absolute Gasteiger partial charge is 0.267 e. The number of carbonyl (C=O) groups excluding carboxylic acids is 1. The van der Waals surface area contributed by atoms with Crippen molar-refractivity contribution in [1.82, 2.24) is 14.3 Å². The van der Waals surface area contributed by atoms with Gasteiger partial charge >= 0.3 is 0 Å². The Hall–Kier alpha value is -2.97. The molecule has 0 unspecified atom stereocenters. The van der Waals surface area contributed by atoms with Gasteiger partial charge in [0.1, 0.15) is 15.8 Å². The number of fused-ring (bicyclic) bond motifs is 2. The van der Waals surface area contributed by atoms with Gasteiger partial charge in [0.25, 0.3) is 11.5 Å². The van der Waals surface area contributed by atoms with Crippen LogP contribution in [0.5, 0.6) is 0 Å². The van der Waals surface area contributed by atoms with Gasteiger partial charge in [0.15, 0.2) is 0 Å². The fourth-order valence-electron chi connectivity index (χ4n) is 5.10. The molecule has 2 aliphatic heterocycles. The number of unbranched alkanes of at least 4 members (excludes halogenated alkanes) is 1. The quantitative estimate of drug-likeness (QED) is 0.275. The molecule has 1 fully saturated rings. The van der Waals surface area contributed by atoms with E-state index in [1.165, 1.54) is 22.9 Å². The van der Waals surface area contributed by atoms with Gasteiger partial charge < -0.3 is 4.90 Å². The van der Waals surface area contributed by atoms with Crippen LogP contribution >= 0.6 is 24.0 Å². The van der Waals surface area contributed by atoms with Gasteiger partial charge in [-0.1, -0.05) is 87.4 Å². The molecule has 1 aromatic carbocycles. The molecule has 192 valence electrons. The highest BCUT2D eigenvalue weighted by molar-refractivity contribution is 8.26. The molecule has 0 aliphatic carbocycles. The molecule has 2 aromatic heterocycles. The van der Waals surface area contributed by atoms with E-state index in [-0.39, 0.29) is 11.5 Å². The molecule has 0 bridgehead atoms. The van der Waals surface area contributed by atoms with Crippen LogP contribution in [-0.2, 0) is 17.8 Å². The molecule has 6 nitrogen and oxygen atoms in total. The third kappa shape index (κ3) is 5.22. The second-order valence-corrected chi connectivity index (χ2v) is 11.4. The summed E-state index contributed by atoms with van der Waals surface area (Å²) in [7, 11) is 0. The molecule has 1 atom stereocenters. The number of benzene rings is 1. The number of thioether (sulfide) groups is 1. The van der Waals surface area contributed by atoms with Gasteiger partial charge in [0, 0.05) is 25.8 Å². The summed E-state index contributed by atoms with van der Waals surface area (Å²) in [6, 6.07) is 13.9. The van der Waals surface area contributed by atoms with Crippen molar-refractivity contribution in [2.24, 2.45) is 5.92 Å². The van der Waals surface area contributed by atoms with Crippen LogP contribution < -0.4 is 10.5 Å². The van der Waals surface area contributed by atoms with Crippen LogP contribution in [-0.4, -0.2) is 37.6 Å². The zero-order valence-electron chi connectivity index (χ0n) is 21.4. The average Bonchev–Trinajstić information content (AvgIpc) is 3.19. The highest BCUT2D eigenvalue weighted by Gasteiger charge is 2.34. The molecule has 1 amide bonds. The van der Waals surface area contributed by atoms with E-state index in [0.29, 0.717) is 45.3 Å². The summed E-state index contributed by atoms with van der Waals surface area (Å²) in [4.78, 5) is 36.5. The van der Waals surface area contributed by atoms with Crippen LogP contribution in [0.2, 0.25) is 0 Å². The molecule has 0 radical (unpaired) electrons. The minimum Gasteiger partial charge on any atom is -0.351 e. The standard InChI is InChI=1S/C29H32N4O2S2/c1-3-5-10-20(4-2)18-33-28(35)24(37-29(33)36)17-23-26(30-25-13-8-9-15-32(25)27(23)34)31-16-14-21-11-6-7-12-22(21)19-31/h6-9,11-13,15,17,20H,3-5,10,14,16,18-19H2,1-2H3/b24-17-/t20-/m1/s1. The van der Waals surface area contributed by atoms with E-state index in [2.05, 4.69) is 36.9 Å². The van der Waals surface area contributed by atoms with Crippen molar-refractivity contribution in [3.63, 3.8) is 0 Å². The molecule has 8 heteroatoms. The second-order valence-electron chi connectivity index (χ2n) is 9.73. The number of carbonyl (C=O) groups is 1. The zero-order chi connectivity index (χ0) is 25.9. The highest BCUT2D eigenvalue weighted by atomic mass is 32.2. The van der Waals surface area contributed by atoms with Gasteiger partial charge in [0.05, 0.1) is 10.5 Å². The Labute approximate surface area is 227 Å². The molecular weight excluding hydrogens is 500 g/mol. The molecule has 1 saturated heterocycles. The first-order valence-electron chi connectivity index (χ1n) is 13.1. The van der Waals surface area contributed by atoms with Crippen molar-refractivity contribution < 1.29 is 4.79 Å². The maximum absolute atomic E-state index is 13.7. The molecule has 5 rings (SSSR count). The van der Waals surface area contributed by atoms with E-state index in [0.717, 1.165) is 38.6 Å². The first-order chi connectivity index (χ1) is 18.0. The molecule has 0 saturated carbocycles. The van der Waals surface area contributed by atoms with Crippen molar-refractivity contribution in [1.29, 1.82) is 0 Å². The Morgan fingerprint density at radius 2 is 1.89 bits per heavy atom. The van der Waals surface area contributed by atoms with Crippen LogP contribution in [0.4, 0.5) is 5.82 Å². The summed E-state index contributed by atoms with van der Waals surface area (Å²) in [5.41, 5.74) is 3.40. The van der Waals surface area contributed by atoms with Crippen LogP contribution in [0.15, 0.2) is 58.4 Å². The summed E-state index contributed by atoms with van der Waals surface area (Å²) < 4.78 is 2.11. The fraction of sp³-hybridized carbons (Fsp3) is 0.379. The summed E-state index contributed by atoms with van der Waals surface area (Å²) in [6.07, 6.45) is 8.69. The lowest BCUT2D eigenvalue weighted by molar-refractivity contribution is -0.122. The third-order valence-corrected chi connectivity index (χ3v) is 8.69. The highest BCUT2D eigenvalue weighted by Crippen LogP contribution is 2.35. The van der Waals surface area contributed by atoms with E-state index in [1.54, 1.807) is 21.6 Å². The van der Waals surface area contributed by atoms with Crippen molar-refractivity contribution >= 4 is 51.7 Å². The maximum atomic E-state index is 13.7. The number of hydrogen-bond donors (Lipinski definition) is 0. The van der Waals surface area contributed by atoms with E-state index in [4.69, 9.17) is 17.2 Å². The molecule has 4 heterocycles. The van der Waals surface area contributed by atoms with E-state index >= 15 is 0 Å². The summed E-state index contributed by atoms with van der Waals surface area (Å²) in [5.74, 6) is 0.918. The predicted octanol–water partition coefficient (Wildman–Crippen LogP) is 5.67. The monoisotopic (exact) mass is 532 g/mol. The Morgan fingerprint density at radius 3 is 2.68 bits per heavy atom. The number of aromatic nitrogens is 2. The van der Waals surface area contributed by atoms with E-state index in [1.807, 2.05) is 24.3 Å². The summed E-state index contributed by atoms with van der Waals surface area (Å²) >= 11 is 6.90. The van der Waals surface area contributed by atoms with Gasteiger partial charge in [0.2, 0.25) is 0 Å². The number of rotatable bonds is 8. The fourth-order valence-corrected chi connectivity index (χ4v) is 6.36. The summed E-state index contributed by atoms with van der Waals surface area (Å²) in [5, 5.41) is 0. The Bertz CT molecular complexity index is 1430. The minimum atomic E-state index is -0.181. The minimum absolute atomic E-state index is 0.113. The van der Waals surface area contributed by atoms with E-state index < -0.39 is 0 Å². The first-order valence-corrected chi connectivity index (χ1v) is 14.3. The number of nitrogens with zero attached hydrogens (tertiary/aromatic N) is 4. The Morgan fingerprint density at radius 1 is 1.11 bits per heavy atom. The molecule has 0 N–H and O–H groups in total. The first kappa shape index (κ1) is 25.7. The van der Waals surface area contributed by atoms with E-state index in [9.17, 15) is 9.59 Å².